The maximum atomic E-state index is 14.4. The number of hydrogen-bond donors (Lipinski definition) is 0. The highest BCUT2D eigenvalue weighted by Crippen LogP contribution is 2.53. The van der Waals surface area contributed by atoms with Crippen molar-refractivity contribution in [1.29, 1.82) is 0 Å². The van der Waals surface area contributed by atoms with Crippen molar-refractivity contribution in [3.05, 3.63) is 53.5 Å². The predicted molar refractivity (Wildman–Crippen MR) is 142 cm³/mol. The Labute approximate surface area is 221 Å². The smallest absolute Gasteiger partial charge is 0.243 e. The molecule has 4 aliphatic rings. The number of piperidine rings is 1. The fourth-order valence-corrected chi connectivity index (χ4v) is 9.07. The Morgan fingerprint density at radius 3 is 2.70 bits per heavy atom. The molecule has 7 nitrogen and oxygen atoms in total. The summed E-state index contributed by atoms with van der Waals surface area (Å²) in [6, 6.07) is 12.3. The number of rotatable bonds is 7. The van der Waals surface area contributed by atoms with E-state index in [4.69, 9.17) is 4.74 Å². The van der Waals surface area contributed by atoms with Crippen LogP contribution in [0, 0.1) is 23.7 Å². The van der Waals surface area contributed by atoms with Crippen molar-refractivity contribution in [2.24, 2.45) is 23.7 Å². The monoisotopic (exact) mass is 537 g/mol. The van der Waals surface area contributed by atoms with E-state index in [0.717, 1.165) is 47.4 Å². The van der Waals surface area contributed by atoms with E-state index in [1.165, 1.54) is 10.7 Å². The zero-order chi connectivity index (χ0) is 25.3. The second kappa shape index (κ2) is 8.78. The van der Waals surface area contributed by atoms with Crippen molar-refractivity contribution in [2.75, 3.05) is 13.7 Å². The third-order valence-corrected chi connectivity index (χ3v) is 11.7. The minimum absolute atomic E-state index is 0.0236. The van der Waals surface area contributed by atoms with E-state index in [0.29, 0.717) is 24.8 Å². The van der Waals surface area contributed by atoms with Crippen LogP contribution in [0.1, 0.15) is 37.7 Å². The van der Waals surface area contributed by atoms with Crippen LogP contribution in [-0.2, 0) is 21.4 Å². The summed E-state index contributed by atoms with van der Waals surface area (Å²) in [4.78, 5) is 21.1. The molecule has 1 aliphatic heterocycles. The van der Waals surface area contributed by atoms with E-state index in [2.05, 4.69) is 23.2 Å². The van der Waals surface area contributed by atoms with Crippen molar-refractivity contribution in [3.63, 3.8) is 0 Å². The molecule has 0 bridgehead atoms. The Balaban J connectivity index is 1.21. The Morgan fingerprint density at radius 1 is 1.08 bits per heavy atom. The SMILES string of the molecule is COc1ccc(S(=O)(=O)N2C[C@H]3C[C@H]3[C@H]2C(=O)N(Cc2ccc3scnc3c2)C2CCC3CC3C2)cc1. The second-order valence-electron chi connectivity index (χ2n) is 11.2. The summed E-state index contributed by atoms with van der Waals surface area (Å²) in [5, 5.41) is 0. The lowest BCUT2D eigenvalue weighted by atomic mass is 9.93. The summed E-state index contributed by atoms with van der Waals surface area (Å²) in [7, 11) is -2.24. The molecule has 4 fully saturated rings. The van der Waals surface area contributed by atoms with Crippen molar-refractivity contribution in [3.8, 4) is 5.75 Å². The van der Waals surface area contributed by atoms with Gasteiger partial charge in [-0.2, -0.15) is 4.31 Å². The van der Waals surface area contributed by atoms with Crippen LogP contribution in [0.3, 0.4) is 0 Å². The first-order chi connectivity index (χ1) is 17.9. The molecule has 3 aliphatic carbocycles. The van der Waals surface area contributed by atoms with Gasteiger partial charge in [0.05, 0.1) is 27.7 Å². The van der Waals surface area contributed by atoms with Gasteiger partial charge < -0.3 is 9.64 Å². The molecule has 3 saturated carbocycles. The third kappa shape index (κ3) is 4.15. The van der Waals surface area contributed by atoms with Gasteiger partial charge in [-0.05, 0) is 97.7 Å². The van der Waals surface area contributed by atoms with Crippen molar-refractivity contribution in [2.45, 2.75) is 55.6 Å². The lowest BCUT2D eigenvalue weighted by molar-refractivity contribution is -0.139. The number of hydrogen-bond acceptors (Lipinski definition) is 6. The Hall–Kier alpha value is -2.49. The normalized spacial score (nSPS) is 30.5. The van der Waals surface area contributed by atoms with Crippen LogP contribution >= 0.6 is 11.3 Å². The summed E-state index contributed by atoms with van der Waals surface area (Å²) in [6.07, 6.45) is 5.39. The zero-order valence-corrected chi connectivity index (χ0v) is 22.5. The lowest BCUT2D eigenvalue weighted by Crippen LogP contribution is -2.52. The fourth-order valence-electron chi connectivity index (χ4n) is 6.73. The molecule has 2 aromatic carbocycles. The predicted octanol–water partition coefficient (Wildman–Crippen LogP) is 4.53. The molecule has 3 aromatic rings. The van der Waals surface area contributed by atoms with E-state index in [1.54, 1.807) is 42.7 Å². The van der Waals surface area contributed by atoms with Gasteiger partial charge in [0, 0.05) is 19.1 Å². The number of benzene rings is 2. The number of aromatic nitrogens is 1. The minimum Gasteiger partial charge on any atom is -0.497 e. The number of fused-ring (bicyclic) bond motifs is 3. The highest BCUT2D eigenvalue weighted by Gasteiger charge is 2.60. The number of methoxy groups -OCH3 is 1. The maximum Gasteiger partial charge on any atom is 0.243 e. The minimum atomic E-state index is -3.80. The van der Waals surface area contributed by atoms with E-state index < -0.39 is 16.1 Å². The lowest BCUT2D eigenvalue weighted by Gasteiger charge is -2.38. The third-order valence-electron chi connectivity index (χ3n) is 9.01. The summed E-state index contributed by atoms with van der Waals surface area (Å²) in [5.74, 6) is 2.51. The van der Waals surface area contributed by atoms with Crippen molar-refractivity contribution < 1.29 is 17.9 Å². The van der Waals surface area contributed by atoms with Gasteiger partial charge in [0.2, 0.25) is 15.9 Å². The summed E-state index contributed by atoms with van der Waals surface area (Å²) in [6.45, 7) is 0.919. The highest BCUT2D eigenvalue weighted by molar-refractivity contribution is 7.89. The van der Waals surface area contributed by atoms with Gasteiger partial charge in [0.25, 0.3) is 0 Å². The average Bonchev–Trinajstić information content (AvgIpc) is 3.78. The van der Waals surface area contributed by atoms with E-state index >= 15 is 0 Å². The molecule has 37 heavy (non-hydrogen) atoms. The van der Waals surface area contributed by atoms with Crippen LogP contribution < -0.4 is 4.74 Å². The Morgan fingerprint density at radius 2 is 1.92 bits per heavy atom. The van der Waals surface area contributed by atoms with E-state index in [-0.39, 0.29) is 28.7 Å². The molecule has 0 N–H and O–H groups in total. The molecule has 1 aromatic heterocycles. The fraction of sp³-hybridized carbons (Fsp3) is 0.500. The van der Waals surface area contributed by atoms with Crippen LogP contribution in [0.25, 0.3) is 10.2 Å². The molecule has 194 valence electrons. The molecule has 3 unspecified atom stereocenters. The Kier molecular flexibility index (Phi) is 5.60. The standard InChI is InChI=1S/C28H31N3O4S2/c1-35-22-5-7-23(8-6-22)37(33,34)31-15-20-13-24(20)27(31)28(32)30(21-4-3-18-11-19(18)12-21)14-17-2-9-26-25(10-17)29-16-36-26/h2,5-10,16,18-21,24,27H,3-4,11-15H2,1H3/t18?,19?,20-,21?,24-,27+/m1/s1. The van der Waals surface area contributed by atoms with Gasteiger partial charge in [0.1, 0.15) is 11.8 Å². The molecular formula is C28H31N3O4S2. The van der Waals surface area contributed by atoms with Crippen LogP contribution in [0.2, 0.25) is 0 Å². The molecule has 1 amide bonds. The van der Waals surface area contributed by atoms with Crippen molar-refractivity contribution in [1.82, 2.24) is 14.2 Å². The van der Waals surface area contributed by atoms with Gasteiger partial charge >= 0.3 is 0 Å². The highest BCUT2D eigenvalue weighted by atomic mass is 32.2. The molecule has 0 spiro atoms. The van der Waals surface area contributed by atoms with Crippen LogP contribution in [0.15, 0.2) is 52.9 Å². The number of amides is 1. The maximum absolute atomic E-state index is 14.4. The number of carbonyl (C=O) groups excluding carboxylic acids is 1. The number of nitrogens with zero attached hydrogens (tertiary/aromatic N) is 3. The quantitative estimate of drug-likeness (QED) is 0.442. The molecular weight excluding hydrogens is 506 g/mol. The first kappa shape index (κ1) is 23.6. The summed E-state index contributed by atoms with van der Waals surface area (Å²) in [5.41, 5.74) is 3.85. The molecule has 1 saturated heterocycles. The second-order valence-corrected chi connectivity index (χ2v) is 14.0. The Bertz CT molecular complexity index is 1450. The van der Waals surface area contributed by atoms with Gasteiger partial charge in [-0.3, -0.25) is 4.79 Å². The first-order valence-electron chi connectivity index (χ1n) is 13.2. The molecule has 9 heteroatoms. The number of sulfonamides is 1. The number of carbonyl (C=O) groups is 1. The average molecular weight is 538 g/mol. The number of thiazole rings is 1. The summed E-state index contributed by atoms with van der Waals surface area (Å²) < 4.78 is 35.3. The topological polar surface area (TPSA) is 79.8 Å². The van der Waals surface area contributed by atoms with Gasteiger partial charge in [-0.1, -0.05) is 6.07 Å². The van der Waals surface area contributed by atoms with E-state index in [9.17, 15) is 13.2 Å². The van der Waals surface area contributed by atoms with Crippen LogP contribution in [0.4, 0.5) is 0 Å². The van der Waals surface area contributed by atoms with Crippen molar-refractivity contribution >= 4 is 37.5 Å². The molecule has 2 heterocycles. The molecule has 6 atom stereocenters. The molecule has 0 radical (unpaired) electrons. The van der Waals surface area contributed by atoms with Crippen LogP contribution in [0.5, 0.6) is 5.75 Å². The van der Waals surface area contributed by atoms with Gasteiger partial charge in [0.15, 0.2) is 0 Å². The van der Waals surface area contributed by atoms with E-state index in [1.807, 2.05) is 10.4 Å². The number of ether oxygens (including phenoxy) is 1. The molecule has 7 rings (SSSR count). The zero-order valence-electron chi connectivity index (χ0n) is 20.8. The largest absolute Gasteiger partial charge is 0.497 e. The van der Waals surface area contributed by atoms with Crippen LogP contribution in [-0.4, -0.2) is 54.3 Å². The van der Waals surface area contributed by atoms with Gasteiger partial charge in [-0.15, -0.1) is 11.3 Å². The van der Waals surface area contributed by atoms with Gasteiger partial charge in [-0.25, -0.2) is 13.4 Å². The first-order valence-corrected chi connectivity index (χ1v) is 15.5. The summed E-state index contributed by atoms with van der Waals surface area (Å²) >= 11 is 1.61.